The standard InChI is InChI=1S/C24H22N8/c25-21-19(23(27)31(29-21)17-7-3-1-4-8-17)15-11-13-16(14-12-15)20-22(26)30-32(24(20)28)18-9-5-2-6-10-18/h1-14,27-30H,25-26H2. The minimum atomic E-state index is 0.269. The molecule has 8 heteroatoms. The number of nitrogens with two attached hydrogens (primary N) is 2. The van der Waals surface area contributed by atoms with Crippen LogP contribution in [0.15, 0.2) is 84.9 Å². The SMILES string of the molecule is N=c1c(-c2ccc(-c3c(N)[nH]n(-c4ccccc4)c3=N)cc2)c(N)[nH]n1-c1ccccc1. The molecule has 2 aromatic heterocycles. The number of nitrogen functional groups attached to an aromatic ring is 2. The molecular weight excluding hydrogens is 400 g/mol. The van der Waals surface area contributed by atoms with Crippen molar-refractivity contribution in [2.24, 2.45) is 0 Å². The van der Waals surface area contributed by atoms with Gasteiger partial charge in [-0.2, -0.15) is 0 Å². The summed E-state index contributed by atoms with van der Waals surface area (Å²) in [6, 6.07) is 26.7. The fraction of sp³-hybridized carbons (Fsp3) is 0. The van der Waals surface area contributed by atoms with Gasteiger partial charge in [-0.15, -0.1) is 0 Å². The summed E-state index contributed by atoms with van der Waals surface area (Å²) in [6.45, 7) is 0. The van der Waals surface area contributed by atoms with Crippen molar-refractivity contribution in [1.29, 1.82) is 10.8 Å². The maximum atomic E-state index is 8.62. The molecule has 0 unspecified atom stereocenters. The van der Waals surface area contributed by atoms with Crippen LogP contribution in [0, 0.1) is 10.8 Å². The van der Waals surface area contributed by atoms with Crippen LogP contribution in [0.4, 0.5) is 11.6 Å². The number of hydrogen-bond acceptors (Lipinski definition) is 4. The van der Waals surface area contributed by atoms with Gasteiger partial charge in [-0.25, -0.2) is 9.36 Å². The Labute approximate surface area is 183 Å². The Morgan fingerprint density at radius 3 is 1.22 bits per heavy atom. The highest BCUT2D eigenvalue weighted by Crippen LogP contribution is 2.27. The number of H-pyrrole nitrogens is 2. The minimum absolute atomic E-state index is 0.269. The molecule has 0 bridgehead atoms. The van der Waals surface area contributed by atoms with Crippen molar-refractivity contribution in [3.05, 3.63) is 95.9 Å². The molecule has 32 heavy (non-hydrogen) atoms. The normalized spacial score (nSPS) is 11.0. The van der Waals surface area contributed by atoms with Crippen LogP contribution in [-0.4, -0.2) is 19.6 Å². The van der Waals surface area contributed by atoms with Gasteiger partial charge in [0.05, 0.1) is 22.5 Å². The summed E-state index contributed by atoms with van der Waals surface area (Å²) < 4.78 is 3.29. The molecule has 5 rings (SSSR count). The van der Waals surface area contributed by atoms with Crippen LogP contribution in [-0.2, 0) is 0 Å². The van der Waals surface area contributed by atoms with Crippen molar-refractivity contribution in [3.63, 3.8) is 0 Å². The number of nitrogens with one attached hydrogen (secondary N) is 4. The molecule has 8 nitrogen and oxygen atoms in total. The summed E-state index contributed by atoms with van der Waals surface area (Å²) in [6.07, 6.45) is 0. The van der Waals surface area contributed by atoms with Gasteiger partial charge >= 0.3 is 0 Å². The highest BCUT2D eigenvalue weighted by atomic mass is 15.3. The summed E-state index contributed by atoms with van der Waals surface area (Å²) in [7, 11) is 0. The van der Waals surface area contributed by atoms with Gasteiger partial charge in [0.1, 0.15) is 11.6 Å². The lowest BCUT2D eigenvalue weighted by molar-refractivity contribution is 0.820. The molecule has 5 aromatic rings. The Balaban J connectivity index is 1.54. The van der Waals surface area contributed by atoms with Gasteiger partial charge < -0.3 is 11.5 Å². The van der Waals surface area contributed by atoms with Gasteiger partial charge in [0.2, 0.25) is 0 Å². The van der Waals surface area contributed by atoms with E-state index in [0.717, 1.165) is 22.5 Å². The Morgan fingerprint density at radius 2 is 0.875 bits per heavy atom. The summed E-state index contributed by atoms with van der Waals surface area (Å²) in [5.74, 6) is 0.826. The summed E-state index contributed by atoms with van der Waals surface area (Å²) in [5, 5.41) is 23.4. The van der Waals surface area contributed by atoms with E-state index in [1.807, 2.05) is 84.9 Å². The first-order chi connectivity index (χ1) is 15.5. The quantitative estimate of drug-likeness (QED) is 0.264. The van der Waals surface area contributed by atoms with E-state index >= 15 is 0 Å². The molecule has 0 atom stereocenters. The predicted octanol–water partition coefficient (Wildman–Crippen LogP) is 3.38. The molecule has 0 radical (unpaired) electrons. The monoisotopic (exact) mass is 422 g/mol. The zero-order chi connectivity index (χ0) is 22.2. The second-order valence-electron chi connectivity index (χ2n) is 7.42. The third kappa shape index (κ3) is 3.10. The fourth-order valence-corrected chi connectivity index (χ4v) is 3.87. The molecule has 0 saturated heterocycles. The molecule has 8 N–H and O–H groups in total. The third-order valence-electron chi connectivity index (χ3n) is 5.42. The van der Waals surface area contributed by atoms with E-state index in [1.54, 1.807) is 9.36 Å². The molecule has 2 heterocycles. The largest absolute Gasteiger partial charge is 0.384 e. The van der Waals surface area contributed by atoms with Gasteiger partial charge in [-0.05, 0) is 35.4 Å². The van der Waals surface area contributed by atoms with E-state index in [9.17, 15) is 0 Å². The van der Waals surface area contributed by atoms with Crippen LogP contribution in [0.1, 0.15) is 0 Å². The number of rotatable bonds is 4. The summed E-state index contributed by atoms with van der Waals surface area (Å²) in [5.41, 5.74) is 17.5. The Morgan fingerprint density at radius 1 is 0.531 bits per heavy atom. The van der Waals surface area contributed by atoms with E-state index in [0.29, 0.717) is 22.8 Å². The maximum Gasteiger partial charge on any atom is 0.156 e. The molecular formula is C24H22N8. The zero-order valence-electron chi connectivity index (χ0n) is 17.1. The number of hydrogen-bond donors (Lipinski definition) is 6. The molecule has 158 valence electrons. The number of aromatic amines is 2. The van der Waals surface area contributed by atoms with E-state index in [4.69, 9.17) is 22.3 Å². The summed E-state index contributed by atoms with van der Waals surface area (Å²) in [4.78, 5) is 0. The van der Waals surface area contributed by atoms with Crippen molar-refractivity contribution in [3.8, 4) is 33.6 Å². The van der Waals surface area contributed by atoms with Crippen molar-refractivity contribution in [1.82, 2.24) is 19.6 Å². The van der Waals surface area contributed by atoms with E-state index < -0.39 is 0 Å². The van der Waals surface area contributed by atoms with Crippen LogP contribution in [0.5, 0.6) is 0 Å². The smallest absolute Gasteiger partial charge is 0.156 e. The van der Waals surface area contributed by atoms with Crippen LogP contribution in [0.2, 0.25) is 0 Å². The van der Waals surface area contributed by atoms with Crippen molar-refractivity contribution >= 4 is 11.6 Å². The molecule has 0 saturated carbocycles. The van der Waals surface area contributed by atoms with Gasteiger partial charge in [0, 0.05) is 0 Å². The second kappa shape index (κ2) is 7.51. The van der Waals surface area contributed by atoms with Gasteiger partial charge in [-0.3, -0.25) is 21.0 Å². The number of benzene rings is 3. The maximum absolute atomic E-state index is 8.62. The number of aromatic nitrogens is 4. The Kier molecular flexibility index (Phi) is 4.52. The first kappa shape index (κ1) is 19.3. The van der Waals surface area contributed by atoms with E-state index in [1.165, 1.54) is 0 Å². The zero-order valence-corrected chi connectivity index (χ0v) is 17.1. The van der Waals surface area contributed by atoms with Crippen LogP contribution < -0.4 is 22.4 Å². The summed E-state index contributed by atoms with van der Waals surface area (Å²) >= 11 is 0. The lowest BCUT2D eigenvalue weighted by atomic mass is 10.0. The first-order valence-corrected chi connectivity index (χ1v) is 10.1. The van der Waals surface area contributed by atoms with Crippen LogP contribution in [0.25, 0.3) is 33.6 Å². The average Bonchev–Trinajstić information content (AvgIpc) is 3.29. The van der Waals surface area contributed by atoms with E-state index in [-0.39, 0.29) is 11.0 Å². The van der Waals surface area contributed by atoms with Gasteiger partial charge in [0.25, 0.3) is 0 Å². The fourth-order valence-electron chi connectivity index (χ4n) is 3.87. The second-order valence-corrected chi connectivity index (χ2v) is 7.42. The van der Waals surface area contributed by atoms with Crippen molar-refractivity contribution < 1.29 is 0 Å². The van der Waals surface area contributed by atoms with Crippen molar-refractivity contribution in [2.45, 2.75) is 0 Å². The van der Waals surface area contributed by atoms with Crippen LogP contribution >= 0.6 is 0 Å². The van der Waals surface area contributed by atoms with Gasteiger partial charge in [0.15, 0.2) is 11.0 Å². The van der Waals surface area contributed by atoms with E-state index in [2.05, 4.69) is 10.2 Å². The number of para-hydroxylation sites is 2. The molecule has 0 spiro atoms. The first-order valence-electron chi connectivity index (χ1n) is 10.1. The lowest BCUT2D eigenvalue weighted by Gasteiger charge is -2.04. The van der Waals surface area contributed by atoms with Crippen molar-refractivity contribution in [2.75, 3.05) is 11.5 Å². The predicted molar refractivity (Wildman–Crippen MR) is 125 cm³/mol. The van der Waals surface area contributed by atoms with Crippen LogP contribution in [0.3, 0.4) is 0 Å². The topological polar surface area (TPSA) is 141 Å². The molecule has 3 aromatic carbocycles. The number of nitrogens with zero attached hydrogens (tertiary/aromatic N) is 2. The third-order valence-corrected chi connectivity index (χ3v) is 5.42. The molecule has 0 fully saturated rings. The highest BCUT2D eigenvalue weighted by Gasteiger charge is 2.15. The molecule has 0 aliphatic rings. The van der Waals surface area contributed by atoms with Gasteiger partial charge in [-0.1, -0.05) is 60.7 Å². The Bertz CT molecular complexity index is 1380. The molecule has 0 amide bonds. The molecule has 0 aliphatic heterocycles. The molecule has 0 aliphatic carbocycles. The average molecular weight is 422 g/mol. The minimum Gasteiger partial charge on any atom is -0.384 e. The Hall–Kier alpha value is -4.72. The lowest BCUT2D eigenvalue weighted by Crippen LogP contribution is -2.16. The highest BCUT2D eigenvalue weighted by molar-refractivity contribution is 5.78. The number of anilines is 2.